The molecule has 0 aliphatic carbocycles. The summed E-state index contributed by atoms with van der Waals surface area (Å²) in [5, 5.41) is 9.67. The van der Waals surface area contributed by atoms with Crippen LogP contribution in [0.1, 0.15) is 12.8 Å². The fraction of sp³-hybridized carbons (Fsp3) is 0.500. The quantitative estimate of drug-likeness (QED) is 0.901. The third kappa shape index (κ3) is 2.47. The number of fused-ring (bicyclic) bond motifs is 1. The van der Waals surface area contributed by atoms with Crippen LogP contribution in [0.5, 0.6) is 0 Å². The molecule has 0 fully saturated rings. The lowest BCUT2D eigenvalue weighted by molar-refractivity contribution is 0.280. The number of hydrogen-bond acceptors (Lipinski definition) is 3. The molecular formula is C12H16ClNOS. The Kier molecular flexibility index (Phi) is 4.00. The average Bonchev–Trinajstić information content (AvgIpc) is 2.28. The fourth-order valence-corrected chi connectivity index (χ4v) is 3.56. The van der Waals surface area contributed by atoms with E-state index in [4.69, 9.17) is 16.7 Å². The van der Waals surface area contributed by atoms with Gasteiger partial charge in [-0.1, -0.05) is 11.6 Å². The van der Waals surface area contributed by atoms with E-state index in [1.54, 1.807) is 0 Å². The van der Waals surface area contributed by atoms with Crippen LogP contribution in [0.15, 0.2) is 23.1 Å². The fourth-order valence-electron chi connectivity index (χ4n) is 1.99. The van der Waals surface area contributed by atoms with E-state index in [1.807, 2.05) is 23.9 Å². The molecule has 0 aromatic heterocycles. The molecule has 16 heavy (non-hydrogen) atoms. The molecule has 1 aromatic carbocycles. The zero-order chi connectivity index (χ0) is 11.5. The van der Waals surface area contributed by atoms with E-state index >= 15 is 0 Å². The number of halogens is 1. The van der Waals surface area contributed by atoms with Crippen LogP contribution in [0.25, 0.3) is 0 Å². The summed E-state index contributed by atoms with van der Waals surface area (Å²) in [6.07, 6.45) is 1.92. The van der Waals surface area contributed by atoms with E-state index < -0.39 is 0 Å². The van der Waals surface area contributed by atoms with E-state index in [9.17, 15) is 0 Å². The van der Waals surface area contributed by atoms with Crippen LogP contribution >= 0.6 is 23.4 Å². The highest BCUT2D eigenvalue weighted by atomic mass is 35.5. The van der Waals surface area contributed by atoms with E-state index in [0.29, 0.717) is 6.04 Å². The second kappa shape index (κ2) is 5.30. The maximum absolute atomic E-state index is 8.87. The van der Waals surface area contributed by atoms with Crippen molar-refractivity contribution in [3.8, 4) is 0 Å². The number of nitrogens with zero attached hydrogens (tertiary/aromatic N) is 1. The first-order valence-corrected chi connectivity index (χ1v) is 6.85. The number of hydrogen-bond donors (Lipinski definition) is 1. The van der Waals surface area contributed by atoms with E-state index in [1.165, 1.54) is 10.6 Å². The molecule has 0 spiro atoms. The van der Waals surface area contributed by atoms with Gasteiger partial charge in [-0.25, -0.2) is 0 Å². The molecule has 0 saturated carbocycles. The highest BCUT2D eigenvalue weighted by Gasteiger charge is 2.23. The summed E-state index contributed by atoms with van der Waals surface area (Å²) in [5.41, 5.74) is 1.25. The van der Waals surface area contributed by atoms with Crippen LogP contribution in [0.2, 0.25) is 5.02 Å². The van der Waals surface area contributed by atoms with Gasteiger partial charge in [0.2, 0.25) is 0 Å². The highest BCUT2D eigenvalue weighted by molar-refractivity contribution is 7.99. The number of anilines is 1. The Labute approximate surface area is 106 Å². The number of aliphatic hydroxyl groups is 1. The molecule has 1 heterocycles. The van der Waals surface area contributed by atoms with Gasteiger partial charge >= 0.3 is 0 Å². The van der Waals surface area contributed by atoms with Gasteiger partial charge in [0.05, 0.1) is 5.69 Å². The van der Waals surface area contributed by atoms with Crippen LogP contribution < -0.4 is 4.90 Å². The second-order valence-corrected chi connectivity index (χ2v) is 5.55. The lowest BCUT2D eigenvalue weighted by Crippen LogP contribution is -2.36. The number of thioether (sulfide) groups is 1. The van der Waals surface area contributed by atoms with Gasteiger partial charge in [-0.3, -0.25) is 0 Å². The van der Waals surface area contributed by atoms with Crippen LogP contribution in [0.4, 0.5) is 5.69 Å². The summed E-state index contributed by atoms with van der Waals surface area (Å²) in [5.74, 6) is 1.07. The van der Waals surface area contributed by atoms with Gasteiger partial charge in [0, 0.05) is 35.4 Å². The molecule has 2 rings (SSSR count). The minimum absolute atomic E-state index is 0.280. The molecule has 0 radical (unpaired) electrons. The van der Waals surface area contributed by atoms with Gasteiger partial charge < -0.3 is 10.0 Å². The minimum Gasteiger partial charge on any atom is -0.396 e. The summed E-state index contributed by atoms with van der Waals surface area (Å²) in [6, 6.07) is 6.56. The molecule has 1 N–H and O–H groups in total. The standard InChI is InChI=1S/C12H16ClNOS/c1-14-10(3-2-6-15)8-16-12-7-9(13)4-5-11(12)14/h4-5,7,10,15H,2-3,6,8H2,1H3. The Bertz CT molecular complexity index is 372. The third-order valence-electron chi connectivity index (χ3n) is 2.98. The predicted molar refractivity (Wildman–Crippen MR) is 70.7 cm³/mol. The van der Waals surface area contributed by atoms with Crippen molar-refractivity contribution in [3.05, 3.63) is 23.2 Å². The molecular weight excluding hydrogens is 242 g/mol. The maximum atomic E-state index is 8.87. The molecule has 1 aromatic rings. The first-order valence-electron chi connectivity index (χ1n) is 5.48. The second-order valence-electron chi connectivity index (χ2n) is 4.05. The molecule has 1 unspecified atom stereocenters. The van der Waals surface area contributed by atoms with Crippen LogP contribution in [-0.2, 0) is 0 Å². The first-order chi connectivity index (χ1) is 7.72. The van der Waals surface area contributed by atoms with Crippen molar-refractivity contribution >= 4 is 29.1 Å². The van der Waals surface area contributed by atoms with Crippen molar-refractivity contribution in [3.63, 3.8) is 0 Å². The third-order valence-corrected chi connectivity index (χ3v) is 4.40. The van der Waals surface area contributed by atoms with Gasteiger partial charge in [0.1, 0.15) is 0 Å². The van der Waals surface area contributed by atoms with E-state index in [0.717, 1.165) is 23.6 Å². The van der Waals surface area contributed by atoms with Gasteiger partial charge in [-0.15, -0.1) is 11.8 Å². The number of rotatable bonds is 3. The molecule has 4 heteroatoms. The van der Waals surface area contributed by atoms with Gasteiger partial charge in [-0.05, 0) is 31.0 Å². The van der Waals surface area contributed by atoms with Crippen LogP contribution in [0.3, 0.4) is 0 Å². The van der Waals surface area contributed by atoms with Crippen molar-refractivity contribution in [2.75, 3.05) is 24.3 Å². The Morgan fingerprint density at radius 2 is 2.38 bits per heavy atom. The molecule has 0 amide bonds. The van der Waals surface area contributed by atoms with Crippen LogP contribution in [-0.4, -0.2) is 30.6 Å². The normalized spacial score (nSPS) is 19.7. The molecule has 1 aliphatic rings. The Morgan fingerprint density at radius 1 is 1.56 bits per heavy atom. The Morgan fingerprint density at radius 3 is 3.12 bits per heavy atom. The summed E-state index contributed by atoms with van der Waals surface area (Å²) in [6.45, 7) is 0.280. The molecule has 0 bridgehead atoms. The van der Waals surface area contributed by atoms with Gasteiger partial charge in [-0.2, -0.15) is 0 Å². The van der Waals surface area contributed by atoms with Crippen LogP contribution in [0, 0.1) is 0 Å². The van der Waals surface area contributed by atoms with Crippen molar-refractivity contribution < 1.29 is 5.11 Å². The molecule has 1 atom stereocenters. The zero-order valence-corrected chi connectivity index (χ0v) is 10.9. The predicted octanol–water partition coefficient (Wildman–Crippen LogP) is 3.02. The smallest absolute Gasteiger partial charge is 0.0505 e. The Balaban J connectivity index is 2.15. The Hall–Kier alpha value is -0.380. The van der Waals surface area contributed by atoms with Gasteiger partial charge in [0.15, 0.2) is 0 Å². The van der Waals surface area contributed by atoms with Crippen molar-refractivity contribution in [1.82, 2.24) is 0 Å². The number of benzene rings is 1. The monoisotopic (exact) mass is 257 g/mol. The summed E-state index contributed by atoms with van der Waals surface area (Å²) in [7, 11) is 2.12. The molecule has 1 aliphatic heterocycles. The first kappa shape index (κ1) is 12.1. The number of aliphatic hydroxyl groups excluding tert-OH is 1. The summed E-state index contributed by atoms with van der Waals surface area (Å²) < 4.78 is 0. The topological polar surface area (TPSA) is 23.5 Å². The zero-order valence-electron chi connectivity index (χ0n) is 9.32. The largest absolute Gasteiger partial charge is 0.396 e. The van der Waals surface area contributed by atoms with Crippen molar-refractivity contribution in [1.29, 1.82) is 0 Å². The SMILES string of the molecule is CN1c2ccc(Cl)cc2SCC1CCCO. The van der Waals surface area contributed by atoms with Gasteiger partial charge in [0.25, 0.3) is 0 Å². The van der Waals surface area contributed by atoms with Crippen molar-refractivity contribution in [2.45, 2.75) is 23.8 Å². The maximum Gasteiger partial charge on any atom is 0.0505 e. The summed E-state index contributed by atoms with van der Waals surface area (Å²) >= 11 is 7.84. The summed E-state index contributed by atoms with van der Waals surface area (Å²) in [4.78, 5) is 3.56. The van der Waals surface area contributed by atoms with Crippen molar-refractivity contribution in [2.24, 2.45) is 0 Å². The highest BCUT2D eigenvalue weighted by Crippen LogP contribution is 2.38. The molecule has 0 saturated heterocycles. The minimum atomic E-state index is 0.280. The molecule has 2 nitrogen and oxygen atoms in total. The molecule has 88 valence electrons. The van der Waals surface area contributed by atoms with E-state index in [2.05, 4.69) is 18.0 Å². The average molecular weight is 258 g/mol. The van der Waals surface area contributed by atoms with E-state index in [-0.39, 0.29) is 6.61 Å². The lowest BCUT2D eigenvalue weighted by atomic mass is 10.1. The lowest BCUT2D eigenvalue weighted by Gasteiger charge is -2.35.